The third kappa shape index (κ3) is 268. The Bertz CT molecular complexity index is 83.3. The molecule has 0 nitrogen and oxygen atoms in total. The minimum absolute atomic E-state index is 0. The van der Waals surface area contributed by atoms with Crippen molar-refractivity contribution in [3.63, 3.8) is 0 Å². The topological polar surface area (TPSA) is 0 Å². The molecule has 0 aromatic heterocycles. The van der Waals surface area contributed by atoms with Gasteiger partial charge in [0.2, 0.25) is 0 Å². The van der Waals surface area contributed by atoms with Crippen LogP contribution in [-0.2, 0) is 21.1 Å². The van der Waals surface area contributed by atoms with Gasteiger partial charge in [-0.3, -0.25) is 0 Å². The molecule has 0 spiro atoms. The summed E-state index contributed by atoms with van der Waals surface area (Å²) >= 11 is 0. The fourth-order valence-corrected chi connectivity index (χ4v) is 0. The Morgan fingerprint density at radius 2 is 1.38 bits per heavy atom. The summed E-state index contributed by atoms with van der Waals surface area (Å²) in [5, 5.41) is 0. The van der Waals surface area contributed by atoms with Gasteiger partial charge in [0, 0.05) is 21.1 Å². The van der Waals surface area contributed by atoms with E-state index < -0.39 is 0 Å². The van der Waals surface area contributed by atoms with Gasteiger partial charge in [-0.25, -0.2) is 0 Å². The third-order valence-corrected chi connectivity index (χ3v) is 0.742. The van der Waals surface area contributed by atoms with Crippen molar-refractivity contribution in [2.45, 2.75) is 48.0 Å². The van der Waals surface area contributed by atoms with Crippen LogP contribution < -0.4 is 0 Å². The van der Waals surface area contributed by atoms with Gasteiger partial charge in [0.15, 0.2) is 0 Å². The van der Waals surface area contributed by atoms with Crippen LogP contribution in [0.25, 0.3) is 0 Å². The van der Waals surface area contributed by atoms with Crippen molar-refractivity contribution < 1.29 is 21.1 Å². The van der Waals surface area contributed by atoms with Crippen LogP contribution in [0, 0.1) is 6.42 Å². The molecule has 0 fully saturated rings. The zero-order valence-electron chi connectivity index (χ0n) is 10.1. The molecular weight excluding hydrogens is 328 g/mol. The Labute approximate surface area is 99.8 Å². The van der Waals surface area contributed by atoms with Crippen LogP contribution in [0.2, 0.25) is 0 Å². The summed E-state index contributed by atoms with van der Waals surface area (Å²) in [6.45, 7) is 15.7. The summed E-state index contributed by atoms with van der Waals surface area (Å²) in [7, 11) is 0. The zero-order chi connectivity index (χ0) is 10.4. The van der Waals surface area contributed by atoms with E-state index >= 15 is 0 Å². The van der Waals surface area contributed by atoms with E-state index in [1.54, 1.807) is 0 Å². The minimum atomic E-state index is 0. The van der Waals surface area contributed by atoms with E-state index in [1.807, 2.05) is 39.8 Å². The third-order valence-electron chi connectivity index (χ3n) is 0.742. The number of unbranched alkanes of at least 4 members (excludes halogenated alkanes) is 1. The quantitative estimate of drug-likeness (QED) is 0.470. The van der Waals surface area contributed by atoms with Crippen LogP contribution in [0.1, 0.15) is 48.0 Å². The van der Waals surface area contributed by atoms with E-state index in [4.69, 9.17) is 0 Å². The summed E-state index contributed by atoms with van der Waals surface area (Å²) in [6, 6.07) is 0. The van der Waals surface area contributed by atoms with Gasteiger partial charge in [0.1, 0.15) is 0 Å². The van der Waals surface area contributed by atoms with E-state index in [2.05, 4.69) is 26.8 Å². The first kappa shape index (κ1) is 23.2. The van der Waals surface area contributed by atoms with Crippen LogP contribution in [0.3, 0.4) is 0 Å². The Balaban J connectivity index is -0.0000000450. The number of allylic oxidation sites excluding steroid dienone is 3. The Morgan fingerprint density at radius 1 is 1.23 bits per heavy atom. The SMILES string of the molecule is C=C(C)C.CC=CC.C[CH-]CC.[W]. The van der Waals surface area contributed by atoms with E-state index in [0.29, 0.717) is 0 Å². The average Bonchev–Trinajstić information content (AvgIpc) is 2.03. The predicted octanol–water partition coefficient (Wildman–Crippen LogP) is 4.78. The Hall–Kier alpha value is 0.168. The zero-order valence-corrected chi connectivity index (χ0v) is 13.0. The van der Waals surface area contributed by atoms with Crippen molar-refractivity contribution in [1.29, 1.82) is 0 Å². The van der Waals surface area contributed by atoms with Crippen molar-refractivity contribution in [3.8, 4) is 0 Å². The molecule has 13 heavy (non-hydrogen) atoms. The first-order chi connectivity index (χ1) is 5.56. The second-order valence-electron chi connectivity index (χ2n) is 2.69. The first-order valence-electron chi connectivity index (χ1n) is 4.53. The summed E-state index contributed by atoms with van der Waals surface area (Å²) in [5.74, 6) is 0. The molecule has 0 aliphatic rings. The van der Waals surface area contributed by atoms with Gasteiger partial charge in [-0.05, 0) is 27.7 Å². The molecule has 0 N–H and O–H groups in total. The molecule has 0 amide bonds. The van der Waals surface area contributed by atoms with Crippen molar-refractivity contribution in [1.82, 2.24) is 0 Å². The van der Waals surface area contributed by atoms with E-state index in [1.165, 1.54) is 12.0 Å². The molecular formula is C12H25W-. The molecule has 0 saturated carbocycles. The number of rotatable bonds is 1. The first-order valence-corrected chi connectivity index (χ1v) is 4.53. The molecule has 0 rings (SSSR count). The minimum Gasteiger partial charge on any atom is -0.332 e. The van der Waals surface area contributed by atoms with Gasteiger partial charge >= 0.3 is 0 Å². The molecule has 0 heterocycles. The van der Waals surface area contributed by atoms with Crippen LogP contribution in [0.5, 0.6) is 0 Å². The number of hydrogen-bond acceptors (Lipinski definition) is 0. The maximum absolute atomic E-state index is 3.56. The summed E-state index contributed by atoms with van der Waals surface area (Å²) in [4.78, 5) is 0. The average molecular weight is 353 g/mol. The van der Waals surface area contributed by atoms with Crippen LogP contribution in [0.4, 0.5) is 0 Å². The van der Waals surface area contributed by atoms with Gasteiger partial charge in [0.05, 0.1) is 0 Å². The standard InChI is InChI=1S/C4H8.C4H9.C4H8.W/c1-4(2)3;2*1-3-4-2;/h1H2,2-3H3;3H,4H2,1-2H3;3-4H,1-2H3;/q;-1;;. The van der Waals surface area contributed by atoms with E-state index in [-0.39, 0.29) is 21.1 Å². The fourth-order valence-electron chi connectivity index (χ4n) is 0. The molecule has 0 saturated heterocycles. The summed E-state index contributed by atoms with van der Waals surface area (Å²) < 4.78 is 0. The van der Waals surface area contributed by atoms with E-state index in [9.17, 15) is 0 Å². The van der Waals surface area contributed by atoms with Crippen molar-refractivity contribution in [2.24, 2.45) is 0 Å². The van der Waals surface area contributed by atoms with Gasteiger partial charge in [-0.1, -0.05) is 24.6 Å². The number of hydrogen-bond donors (Lipinski definition) is 0. The molecule has 0 aromatic rings. The maximum Gasteiger partial charge on any atom is 0 e. The molecule has 0 radical (unpaired) electrons. The molecule has 0 unspecified atom stereocenters. The molecule has 0 aromatic carbocycles. The molecule has 0 aliphatic carbocycles. The largest absolute Gasteiger partial charge is 0.332 e. The van der Waals surface area contributed by atoms with Gasteiger partial charge in [0.25, 0.3) is 0 Å². The predicted molar refractivity (Wildman–Crippen MR) is 61.2 cm³/mol. The maximum atomic E-state index is 3.56. The van der Waals surface area contributed by atoms with Gasteiger partial charge in [-0.2, -0.15) is 13.3 Å². The van der Waals surface area contributed by atoms with Gasteiger partial charge in [-0.15, -0.1) is 6.58 Å². The van der Waals surface area contributed by atoms with Crippen LogP contribution >= 0.6 is 0 Å². The monoisotopic (exact) mass is 353 g/mol. The Kier molecular flexibility index (Phi) is 52.7. The van der Waals surface area contributed by atoms with Crippen molar-refractivity contribution >= 4 is 0 Å². The van der Waals surface area contributed by atoms with Crippen LogP contribution in [-0.4, -0.2) is 0 Å². The Morgan fingerprint density at radius 3 is 1.38 bits per heavy atom. The normalized spacial score (nSPS) is 7.23. The van der Waals surface area contributed by atoms with Crippen molar-refractivity contribution in [3.05, 3.63) is 30.7 Å². The van der Waals surface area contributed by atoms with Crippen molar-refractivity contribution in [2.75, 3.05) is 0 Å². The molecule has 1 heteroatoms. The molecule has 0 aliphatic heterocycles. The van der Waals surface area contributed by atoms with E-state index in [0.717, 1.165) is 0 Å². The molecule has 80 valence electrons. The van der Waals surface area contributed by atoms with Gasteiger partial charge < -0.3 is 6.42 Å². The second-order valence-corrected chi connectivity index (χ2v) is 2.69. The van der Waals surface area contributed by atoms with Crippen LogP contribution in [0.15, 0.2) is 24.3 Å². The smallest absolute Gasteiger partial charge is 0 e. The summed E-state index contributed by atoms with van der Waals surface area (Å²) in [6.07, 6.45) is 7.32. The second kappa shape index (κ2) is 29.5. The molecule has 0 atom stereocenters. The summed E-state index contributed by atoms with van der Waals surface area (Å²) in [5.41, 5.74) is 1.17. The molecule has 0 bridgehead atoms. The fraction of sp³-hybridized carbons (Fsp3) is 0.583.